The Labute approximate surface area is 122 Å². The van der Waals surface area contributed by atoms with Crippen LogP contribution >= 0.6 is 0 Å². The summed E-state index contributed by atoms with van der Waals surface area (Å²) in [5.41, 5.74) is 0.571. The summed E-state index contributed by atoms with van der Waals surface area (Å²) in [6.07, 6.45) is -0.556. The second-order valence-electron chi connectivity index (χ2n) is 4.29. The molecule has 7 heteroatoms. The Balaban J connectivity index is 0.000000383. The number of aliphatic hydroxyl groups excluding tert-OH is 1. The molecule has 0 aliphatic carbocycles. The van der Waals surface area contributed by atoms with Crippen molar-refractivity contribution in [2.24, 2.45) is 0 Å². The molecule has 2 rings (SSSR count). The lowest BCUT2D eigenvalue weighted by atomic mass is 10.0. The molecular weight excluding hydrogens is 296 g/mol. The first-order valence-electron chi connectivity index (χ1n) is 5.93. The van der Waals surface area contributed by atoms with Crippen LogP contribution in [0.4, 0.5) is 0 Å². The van der Waals surface area contributed by atoms with Crippen LogP contribution in [0.1, 0.15) is 28.0 Å². The van der Waals surface area contributed by atoms with Gasteiger partial charge in [-0.1, -0.05) is 30.3 Å². The molecule has 114 valence electrons. The molecule has 0 saturated carbocycles. The largest absolute Gasteiger partial charge is 0.748 e. The van der Waals surface area contributed by atoms with E-state index in [0.717, 1.165) is 0 Å². The number of carbonyl (C=O) groups excluding carboxylic acids is 1. The molecule has 1 unspecified atom stereocenters. The third kappa shape index (κ3) is 6.35. The van der Waals surface area contributed by atoms with E-state index in [9.17, 15) is 9.90 Å². The summed E-state index contributed by atoms with van der Waals surface area (Å²) in [5.74, 6) is 0.428. The highest BCUT2D eigenvalue weighted by molar-refractivity contribution is 7.84. The van der Waals surface area contributed by atoms with Gasteiger partial charge in [-0.05, 0) is 24.6 Å². The third-order valence-corrected chi connectivity index (χ3v) is 2.35. The molecule has 1 aromatic heterocycles. The molecule has 0 saturated heterocycles. The van der Waals surface area contributed by atoms with E-state index in [1.165, 1.54) is 0 Å². The molecule has 0 aliphatic heterocycles. The van der Waals surface area contributed by atoms with Gasteiger partial charge < -0.3 is 14.1 Å². The predicted molar refractivity (Wildman–Crippen MR) is 74.8 cm³/mol. The molecule has 0 radical (unpaired) electrons. The highest BCUT2D eigenvalue weighted by atomic mass is 32.2. The van der Waals surface area contributed by atoms with Crippen molar-refractivity contribution < 1.29 is 27.3 Å². The van der Waals surface area contributed by atoms with Gasteiger partial charge in [0.05, 0.1) is 10.1 Å². The zero-order chi connectivity index (χ0) is 16.0. The number of hydrogen-bond donors (Lipinski definition) is 1. The SMILES string of the molecule is CS(=O)(=O)[O-].Cc1ccc(C(=O)C(O)c2ccccc2)o1. The van der Waals surface area contributed by atoms with Crippen LogP contribution in [0.25, 0.3) is 0 Å². The Bertz CT molecular complexity index is 679. The standard InChI is InChI=1S/C13H12O3.CH4O3S/c1-9-7-8-11(16-9)13(15)12(14)10-5-3-2-4-6-10;1-5(2,3)4/h2-8,12,14H,1H3;1H3,(H,2,3,4)/p-1. The Kier molecular flexibility index (Phi) is 5.83. The van der Waals surface area contributed by atoms with Crippen molar-refractivity contribution in [3.05, 3.63) is 59.5 Å². The van der Waals surface area contributed by atoms with Crippen LogP contribution < -0.4 is 0 Å². The number of hydrogen-bond acceptors (Lipinski definition) is 6. The van der Waals surface area contributed by atoms with Crippen molar-refractivity contribution >= 4 is 15.9 Å². The number of rotatable bonds is 3. The maximum atomic E-state index is 11.8. The molecule has 6 nitrogen and oxygen atoms in total. The van der Waals surface area contributed by atoms with E-state index in [2.05, 4.69) is 0 Å². The Morgan fingerprint density at radius 1 is 1.19 bits per heavy atom. The van der Waals surface area contributed by atoms with Crippen LogP contribution in [0.15, 0.2) is 46.9 Å². The molecule has 0 aliphatic rings. The minimum atomic E-state index is -3.92. The smallest absolute Gasteiger partial charge is 0.230 e. The summed E-state index contributed by atoms with van der Waals surface area (Å²) >= 11 is 0. The third-order valence-electron chi connectivity index (χ3n) is 2.35. The van der Waals surface area contributed by atoms with Gasteiger partial charge in [0, 0.05) is 6.26 Å². The summed E-state index contributed by atoms with van der Waals surface area (Å²) in [6.45, 7) is 1.76. The van der Waals surface area contributed by atoms with Gasteiger partial charge in [0.1, 0.15) is 11.9 Å². The van der Waals surface area contributed by atoms with E-state index in [0.29, 0.717) is 17.6 Å². The Morgan fingerprint density at radius 3 is 2.14 bits per heavy atom. The van der Waals surface area contributed by atoms with Gasteiger partial charge in [-0.2, -0.15) is 0 Å². The maximum Gasteiger partial charge on any atom is 0.230 e. The highest BCUT2D eigenvalue weighted by Gasteiger charge is 2.21. The predicted octanol–water partition coefficient (Wildman–Crippen LogP) is 1.67. The summed E-state index contributed by atoms with van der Waals surface area (Å²) in [4.78, 5) is 11.8. The van der Waals surface area contributed by atoms with E-state index in [1.807, 2.05) is 6.07 Å². The molecule has 21 heavy (non-hydrogen) atoms. The van der Waals surface area contributed by atoms with Gasteiger partial charge >= 0.3 is 0 Å². The van der Waals surface area contributed by atoms with E-state index in [4.69, 9.17) is 17.4 Å². The number of aryl methyl sites for hydroxylation is 1. The van der Waals surface area contributed by atoms with Gasteiger partial charge in [-0.25, -0.2) is 8.42 Å². The second-order valence-corrected chi connectivity index (χ2v) is 5.70. The second kappa shape index (κ2) is 7.16. The van der Waals surface area contributed by atoms with Crippen molar-refractivity contribution in [3.8, 4) is 0 Å². The zero-order valence-corrected chi connectivity index (χ0v) is 12.3. The minimum absolute atomic E-state index is 0.189. The first-order valence-corrected chi connectivity index (χ1v) is 7.74. The normalized spacial score (nSPS) is 12.2. The Morgan fingerprint density at radius 2 is 1.71 bits per heavy atom. The van der Waals surface area contributed by atoms with Gasteiger partial charge in [0.25, 0.3) is 0 Å². The van der Waals surface area contributed by atoms with Crippen molar-refractivity contribution in [2.75, 3.05) is 6.26 Å². The number of carbonyl (C=O) groups is 1. The van der Waals surface area contributed by atoms with E-state index < -0.39 is 22.0 Å². The van der Waals surface area contributed by atoms with E-state index >= 15 is 0 Å². The van der Waals surface area contributed by atoms with Crippen molar-refractivity contribution in [1.29, 1.82) is 0 Å². The number of furan rings is 1. The fourth-order valence-electron chi connectivity index (χ4n) is 1.49. The first-order chi connectivity index (χ1) is 9.68. The molecule has 0 bridgehead atoms. The molecule has 1 aromatic carbocycles. The monoisotopic (exact) mass is 311 g/mol. The highest BCUT2D eigenvalue weighted by Crippen LogP contribution is 2.19. The molecule has 0 amide bonds. The fourth-order valence-corrected chi connectivity index (χ4v) is 1.49. The molecule has 1 atom stereocenters. The van der Waals surface area contributed by atoms with Crippen LogP contribution in [-0.2, 0) is 10.1 Å². The van der Waals surface area contributed by atoms with Crippen molar-refractivity contribution in [3.63, 3.8) is 0 Å². The summed E-state index contributed by atoms with van der Waals surface area (Å²) in [7, 11) is -3.92. The summed E-state index contributed by atoms with van der Waals surface area (Å²) in [6, 6.07) is 12.1. The first kappa shape index (κ1) is 17.1. The van der Waals surface area contributed by atoms with Gasteiger partial charge in [0.15, 0.2) is 5.76 Å². The molecule has 1 N–H and O–H groups in total. The van der Waals surface area contributed by atoms with Crippen LogP contribution in [-0.4, -0.2) is 30.1 Å². The lowest BCUT2D eigenvalue weighted by Gasteiger charge is -2.07. The number of benzene rings is 1. The maximum absolute atomic E-state index is 11.8. The van der Waals surface area contributed by atoms with Crippen LogP contribution in [0, 0.1) is 6.92 Å². The van der Waals surface area contributed by atoms with Crippen LogP contribution in [0.5, 0.6) is 0 Å². The fraction of sp³-hybridized carbons (Fsp3) is 0.214. The van der Waals surface area contributed by atoms with Crippen LogP contribution in [0.2, 0.25) is 0 Å². The summed E-state index contributed by atoms with van der Waals surface area (Å²) in [5, 5.41) is 9.84. The lowest BCUT2D eigenvalue weighted by Crippen LogP contribution is -2.11. The average molecular weight is 311 g/mol. The number of Topliss-reactive ketones (excluding diaryl/α,β-unsaturated/α-hetero) is 1. The van der Waals surface area contributed by atoms with Gasteiger partial charge in [-0.3, -0.25) is 4.79 Å². The van der Waals surface area contributed by atoms with E-state index in [-0.39, 0.29) is 5.76 Å². The van der Waals surface area contributed by atoms with E-state index in [1.54, 1.807) is 43.3 Å². The summed E-state index contributed by atoms with van der Waals surface area (Å²) < 4.78 is 32.4. The Hall–Kier alpha value is -1.96. The number of aliphatic hydroxyl groups is 1. The van der Waals surface area contributed by atoms with Crippen molar-refractivity contribution in [2.45, 2.75) is 13.0 Å². The molecule has 0 spiro atoms. The van der Waals surface area contributed by atoms with Crippen molar-refractivity contribution in [1.82, 2.24) is 0 Å². The van der Waals surface area contributed by atoms with Gasteiger partial charge in [0.2, 0.25) is 5.78 Å². The molecule has 2 aromatic rings. The molecule has 0 fully saturated rings. The zero-order valence-electron chi connectivity index (χ0n) is 11.5. The number of ketones is 1. The lowest BCUT2D eigenvalue weighted by molar-refractivity contribution is 0.0716. The van der Waals surface area contributed by atoms with Gasteiger partial charge in [-0.15, -0.1) is 0 Å². The molecular formula is C14H15O6S-. The van der Waals surface area contributed by atoms with Crippen LogP contribution in [0.3, 0.4) is 0 Å². The minimum Gasteiger partial charge on any atom is -0.748 e. The topological polar surface area (TPSA) is 108 Å². The quantitative estimate of drug-likeness (QED) is 0.682. The molecule has 1 heterocycles. The average Bonchev–Trinajstić information content (AvgIpc) is 2.83.